The second kappa shape index (κ2) is 8.52. The van der Waals surface area contributed by atoms with Crippen LogP contribution in [0.5, 0.6) is 0 Å². The molecule has 1 N–H and O–H groups in total. The molecule has 1 unspecified atom stereocenters. The summed E-state index contributed by atoms with van der Waals surface area (Å²) in [7, 11) is -1.79. The zero-order chi connectivity index (χ0) is 23.1. The van der Waals surface area contributed by atoms with E-state index in [2.05, 4.69) is 44.1 Å². The van der Waals surface area contributed by atoms with Gasteiger partial charge in [-0.1, -0.05) is 51.1 Å². The molecule has 1 saturated heterocycles. The first-order valence-electron chi connectivity index (χ1n) is 11.3. The fraction of sp³-hybridized carbons (Fsp3) is 0.480. The van der Waals surface area contributed by atoms with Crippen molar-refractivity contribution >= 4 is 25.8 Å². The lowest BCUT2D eigenvalue weighted by atomic mass is 10.2. The molecular formula is C25H33FN2O3Si. The highest BCUT2D eigenvalue weighted by molar-refractivity contribution is 6.74. The van der Waals surface area contributed by atoms with E-state index >= 15 is 0 Å². The van der Waals surface area contributed by atoms with Crippen LogP contribution in [0.2, 0.25) is 18.1 Å². The largest absolute Gasteiger partial charge is 0.444 e. The van der Waals surface area contributed by atoms with Crippen molar-refractivity contribution in [3.05, 3.63) is 59.9 Å². The van der Waals surface area contributed by atoms with Crippen molar-refractivity contribution in [3.8, 4) is 0 Å². The first-order valence-corrected chi connectivity index (χ1v) is 14.2. The average molecular weight is 457 g/mol. The van der Waals surface area contributed by atoms with Crippen LogP contribution in [-0.2, 0) is 15.8 Å². The number of carbonyl (C=O) groups is 1. The van der Waals surface area contributed by atoms with Crippen LogP contribution in [0.1, 0.15) is 26.3 Å². The Balaban J connectivity index is 1.37. The van der Waals surface area contributed by atoms with Gasteiger partial charge in [0, 0.05) is 24.9 Å². The van der Waals surface area contributed by atoms with Gasteiger partial charge in [0.15, 0.2) is 8.32 Å². The van der Waals surface area contributed by atoms with Gasteiger partial charge in [-0.25, -0.2) is 9.18 Å². The van der Waals surface area contributed by atoms with Crippen molar-refractivity contribution in [2.75, 3.05) is 23.3 Å². The molecule has 172 valence electrons. The maximum atomic E-state index is 14.0. The average Bonchev–Trinajstić information content (AvgIpc) is 3.14. The fourth-order valence-electron chi connectivity index (χ4n) is 4.11. The maximum Gasteiger partial charge on any atom is 0.412 e. The third kappa shape index (κ3) is 4.83. The minimum atomic E-state index is -1.79. The first kappa shape index (κ1) is 22.8. The molecule has 3 atom stereocenters. The Morgan fingerprint density at radius 2 is 1.78 bits per heavy atom. The number of hydrogen-bond acceptors (Lipinski definition) is 4. The lowest BCUT2D eigenvalue weighted by Crippen LogP contribution is -2.43. The second-order valence-corrected chi connectivity index (χ2v) is 15.2. The van der Waals surface area contributed by atoms with E-state index < -0.39 is 20.2 Å². The normalized spacial score (nSPS) is 22.4. The predicted molar refractivity (Wildman–Crippen MR) is 128 cm³/mol. The van der Waals surface area contributed by atoms with Crippen LogP contribution in [-0.4, -0.2) is 33.6 Å². The van der Waals surface area contributed by atoms with E-state index in [4.69, 9.17) is 9.16 Å². The minimum Gasteiger partial charge on any atom is -0.444 e. The van der Waals surface area contributed by atoms with Crippen molar-refractivity contribution in [2.45, 2.75) is 51.6 Å². The summed E-state index contributed by atoms with van der Waals surface area (Å²) < 4.78 is 25.9. The predicted octanol–water partition coefficient (Wildman–Crippen LogP) is 6.03. The molecule has 2 fully saturated rings. The maximum absolute atomic E-state index is 14.0. The standard InChI is InChI=1S/C25H33FN2O3Si/c1-25(2,3)32(4,5)31-23-19-14-28(15-20(19)23)22-12-11-18(26)13-21(22)27-24(29)30-16-17-9-7-6-8-10-17/h6-13,19-20,23H,14-16H2,1-5H3,(H,27,29)/t19-,20?,23-/m0/s1. The molecule has 1 aliphatic carbocycles. The number of halogens is 1. The Morgan fingerprint density at radius 1 is 1.12 bits per heavy atom. The quantitative estimate of drug-likeness (QED) is 0.539. The number of amides is 1. The molecule has 1 heterocycles. The van der Waals surface area contributed by atoms with Gasteiger partial charge < -0.3 is 14.1 Å². The Hall–Kier alpha value is -2.38. The van der Waals surface area contributed by atoms with Gasteiger partial charge in [-0.15, -0.1) is 0 Å². The molecule has 2 aromatic carbocycles. The summed E-state index contributed by atoms with van der Waals surface area (Å²) in [6.07, 6.45) is -0.274. The highest BCUT2D eigenvalue weighted by atomic mass is 28.4. The summed E-state index contributed by atoms with van der Waals surface area (Å²) in [6, 6.07) is 14.0. The van der Waals surface area contributed by atoms with Crippen LogP contribution in [0.15, 0.2) is 48.5 Å². The van der Waals surface area contributed by atoms with Crippen LogP contribution in [0.4, 0.5) is 20.6 Å². The number of carbonyl (C=O) groups excluding carboxylic acids is 1. The molecule has 0 bridgehead atoms. The van der Waals surface area contributed by atoms with E-state index in [0.29, 0.717) is 23.6 Å². The molecule has 32 heavy (non-hydrogen) atoms. The van der Waals surface area contributed by atoms with Crippen molar-refractivity contribution in [3.63, 3.8) is 0 Å². The number of anilines is 2. The first-order chi connectivity index (χ1) is 15.0. The summed E-state index contributed by atoms with van der Waals surface area (Å²) >= 11 is 0. The fourth-order valence-corrected chi connectivity index (χ4v) is 5.50. The highest BCUT2D eigenvalue weighted by Gasteiger charge is 2.59. The number of nitrogens with zero attached hydrogens (tertiary/aromatic N) is 1. The van der Waals surface area contributed by atoms with Gasteiger partial charge >= 0.3 is 6.09 Å². The summed E-state index contributed by atoms with van der Waals surface area (Å²) in [5.41, 5.74) is 2.15. The molecule has 4 rings (SSSR count). The van der Waals surface area contributed by atoms with Crippen LogP contribution in [0.3, 0.4) is 0 Å². The second-order valence-electron chi connectivity index (χ2n) is 10.4. The molecule has 2 aromatic rings. The molecule has 1 amide bonds. The van der Waals surface area contributed by atoms with E-state index in [9.17, 15) is 9.18 Å². The zero-order valence-electron chi connectivity index (χ0n) is 19.5. The van der Waals surface area contributed by atoms with Gasteiger partial charge in [0.25, 0.3) is 0 Å². The summed E-state index contributed by atoms with van der Waals surface area (Å²) in [5, 5.41) is 2.92. The van der Waals surface area contributed by atoms with Gasteiger partial charge in [-0.05, 0) is 41.9 Å². The molecule has 2 aliphatic rings. The van der Waals surface area contributed by atoms with Gasteiger partial charge in [0.05, 0.1) is 17.5 Å². The van der Waals surface area contributed by atoms with Gasteiger partial charge in [-0.2, -0.15) is 0 Å². The Labute approximate surface area is 191 Å². The molecule has 7 heteroatoms. The van der Waals surface area contributed by atoms with E-state index in [1.807, 2.05) is 30.3 Å². The van der Waals surface area contributed by atoms with Crippen LogP contribution >= 0.6 is 0 Å². The van der Waals surface area contributed by atoms with E-state index in [0.717, 1.165) is 24.3 Å². The molecule has 0 aromatic heterocycles. The monoisotopic (exact) mass is 456 g/mol. The van der Waals surface area contributed by atoms with E-state index in [-0.39, 0.29) is 11.6 Å². The summed E-state index contributed by atoms with van der Waals surface area (Å²) in [5.74, 6) is 0.592. The lowest BCUT2D eigenvalue weighted by Gasteiger charge is -2.37. The van der Waals surface area contributed by atoms with Crippen molar-refractivity contribution in [2.24, 2.45) is 11.8 Å². The Kier molecular flexibility index (Phi) is 6.07. The van der Waals surface area contributed by atoms with Crippen LogP contribution in [0, 0.1) is 17.7 Å². The number of piperidine rings is 1. The summed E-state index contributed by atoms with van der Waals surface area (Å²) in [6.45, 7) is 13.2. The third-order valence-corrected chi connectivity index (χ3v) is 11.6. The van der Waals surface area contributed by atoms with Crippen LogP contribution < -0.4 is 10.2 Å². The lowest BCUT2D eigenvalue weighted by molar-refractivity contribution is 0.155. The minimum absolute atomic E-state index is 0.164. The zero-order valence-corrected chi connectivity index (χ0v) is 20.5. The van der Waals surface area contributed by atoms with Gasteiger partial charge in [-0.3, -0.25) is 5.32 Å². The van der Waals surface area contributed by atoms with Crippen molar-refractivity contribution in [1.82, 2.24) is 0 Å². The van der Waals surface area contributed by atoms with Crippen molar-refractivity contribution < 1.29 is 18.3 Å². The van der Waals surface area contributed by atoms with Gasteiger partial charge in [0.1, 0.15) is 12.4 Å². The molecular weight excluding hydrogens is 423 g/mol. The number of hydrogen-bond donors (Lipinski definition) is 1. The van der Waals surface area contributed by atoms with E-state index in [1.54, 1.807) is 6.07 Å². The Bertz CT molecular complexity index is 965. The highest BCUT2D eigenvalue weighted by Crippen LogP contribution is 2.53. The van der Waals surface area contributed by atoms with Crippen molar-refractivity contribution in [1.29, 1.82) is 0 Å². The molecule has 5 nitrogen and oxygen atoms in total. The Morgan fingerprint density at radius 3 is 2.41 bits per heavy atom. The molecule has 1 aliphatic heterocycles. The van der Waals surface area contributed by atoms with Crippen LogP contribution in [0.25, 0.3) is 0 Å². The SMILES string of the molecule is CC(C)(C)[Si](C)(C)O[C@@H]1C2CN(c3ccc(F)cc3NC(=O)OCc3ccccc3)C[C@@H]21. The summed E-state index contributed by atoms with van der Waals surface area (Å²) in [4.78, 5) is 14.6. The number of nitrogens with one attached hydrogen (secondary N) is 1. The molecule has 0 radical (unpaired) electrons. The number of rotatable bonds is 6. The number of ether oxygens (including phenoxy) is 1. The smallest absolute Gasteiger partial charge is 0.412 e. The van der Waals surface area contributed by atoms with Gasteiger partial charge in [0.2, 0.25) is 0 Å². The number of benzene rings is 2. The third-order valence-electron chi connectivity index (χ3n) is 7.10. The number of fused-ring (bicyclic) bond motifs is 1. The molecule has 1 saturated carbocycles. The van der Waals surface area contributed by atoms with E-state index in [1.165, 1.54) is 12.1 Å². The topological polar surface area (TPSA) is 50.8 Å². The molecule has 0 spiro atoms.